The molecule has 1 aliphatic heterocycles. The van der Waals surface area contributed by atoms with Gasteiger partial charge in [0.25, 0.3) is 0 Å². The lowest BCUT2D eigenvalue weighted by molar-refractivity contribution is -0.128. The van der Waals surface area contributed by atoms with Gasteiger partial charge in [-0.2, -0.15) is 0 Å². The molecule has 0 spiro atoms. The van der Waals surface area contributed by atoms with Crippen LogP contribution in [-0.4, -0.2) is 45.9 Å². The number of hydrogen-bond acceptors (Lipinski definition) is 5. The topological polar surface area (TPSA) is 56.6 Å². The Bertz CT molecular complexity index is 1020. The summed E-state index contributed by atoms with van der Waals surface area (Å²) in [6, 6.07) is 14.0. The first-order valence-corrected chi connectivity index (χ1v) is 10.9. The zero-order chi connectivity index (χ0) is 20.2. The number of para-hydroxylation sites is 2. The van der Waals surface area contributed by atoms with Gasteiger partial charge in [-0.05, 0) is 43.7 Å². The van der Waals surface area contributed by atoms with Gasteiger partial charge < -0.3 is 18.9 Å². The van der Waals surface area contributed by atoms with Crippen molar-refractivity contribution in [2.75, 3.05) is 25.5 Å². The third-order valence-corrected chi connectivity index (χ3v) is 5.94. The fourth-order valence-corrected chi connectivity index (χ4v) is 4.45. The van der Waals surface area contributed by atoms with Gasteiger partial charge in [-0.15, -0.1) is 0 Å². The number of nitrogens with zero attached hydrogens (tertiary/aromatic N) is 3. The van der Waals surface area contributed by atoms with E-state index in [2.05, 4.69) is 17.6 Å². The maximum atomic E-state index is 12.9. The lowest BCUT2D eigenvalue weighted by Gasteiger charge is -2.23. The molecule has 1 amide bonds. The van der Waals surface area contributed by atoms with Gasteiger partial charge in [-0.1, -0.05) is 30.0 Å². The van der Waals surface area contributed by atoms with E-state index in [1.807, 2.05) is 48.2 Å². The molecule has 1 aliphatic rings. The molecule has 0 saturated carbocycles. The summed E-state index contributed by atoms with van der Waals surface area (Å²) in [6.45, 7) is 7.26. The average Bonchev–Trinajstić information content (AvgIpc) is 3.13. The molecule has 0 atom stereocenters. The first-order chi connectivity index (χ1) is 14.2. The van der Waals surface area contributed by atoms with Crippen molar-refractivity contribution in [2.24, 2.45) is 0 Å². The molecule has 0 N–H and O–H groups in total. The Kier molecular flexibility index (Phi) is 5.94. The van der Waals surface area contributed by atoms with Crippen molar-refractivity contribution >= 4 is 28.7 Å². The molecule has 152 valence electrons. The number of carbonyl (C=O) groups excluding carboxylic acids is 1. The van der Waals surface area contributed by atoms with Crippen molar-refractivity contribution in [1.29, 1.82) is 0 Å². The summed E-state index contributed by atoms with van der Waals surface area (Å²) >= 11 is 1.50. The maximum absolute atomic E-state index is 12.9. The largest absolute Gasteiger partial charge is 0.486 e. The molecule has 0 unspecified atom stereocenters. The standard InChI is InChI=1S/C22H25N3O3S/c1-3-24(14-16-9-10-19-20(13-16)28-12-11-27-19)21(26)15-29-22-23-17-7-5-6-8-18(17)25(22)4-2/h5-10,13H,3-4,11-12,14-15H2,1-2H3. The van der Waals surface area contributed by atoms with Gasteiger partial charge in [-0.25, -0.2) is 4.98 Å². The number of aromatic nitrogens is 2. The van der Waals surface area contributed by atoms with Crippen LogP contribution in [0.1, 0.15) is 19.4 Å². The van der Waals surface area contributed by atoms with E-state index >= 15 is 0 Å². The van der Waals surface area contributed by atoms with E-state index in [9.17, 15) is 4.79 Å². The fraction of sp³-hybridized carbons (Fsp3) is 0.364. The molecular weight excluding hydrogens is 386 g/mol. The van der Waals surface area contributed by atoms with Crippen LogP contribution in [0.2, 0.25) is 0 Å². The summed E-state index contributed by atoms with van der Waals surface area (Å²) < 4.78 is 13.4. The predicted octanol–water partition coefficient (Wildman–Crippen LogP) is 3.97. The molecule has 0 fully saturated rings. The van der Waals surface area contributed by atoms with Crippen LogP contribution in [0.15, 0.2) is 47.6 Å². The molecule has 0 bridgehead atoms. The van der Waals surface area contributed by atoms with E-state index in [-0.39, 0.29) is 5.91 Å². The minimum atomic E-state index is 0.0992. The molecule has 7 heteroatoms. The number of fused-ring (bicyclic) bond motifs is 2. The molecule has 0 aliphatic carbocycles. The number of aryl methyl sites for hydroxylation is 1. The van der Waals surface area contributed by atoms with Crippen molar-refractivity contribution in [1.82, 2.24) is 14.5 Å². The first-order valence-electron chi connectivity index (χ1n) is 9.94. The summed E-state index contributed by atoms with van der Waals surface area (Å²) in [4.78, 5) is 19.4. The predicted molar refractivity (Wildman–Crippen MR) is 115 cm³/mol. The second kappa shape index (κ2) is 8.78. The number of carbonyl (C=O) groups is 1. The zero-order valence-corrected chi connectivity index (χ0v) is 17.6. The summed E-state index contributed by atoms with van der Waals surface area (Å²) in [5, 5.41) is 0.887. The Morgan fingerprint density at radius 2 is 1.93 bits per heavy atom. The number of hydrogen-bond donors (Lipinski definition) is 0. The lowest BCUT2D eigenvalue weighted by Crippen LogP contribution is -2.31. The van der Waals surface area contributed by atoms with E-state index < -0.39 is 0 Å². The van der Waals surface area contributed by atoms with Crippen molar-refractivity contribution in [2.45, 2.75) is 32.1 Å². The Morgan fingerprint density at radius 1 is 1.14 bits per heavy atom. The molecule has 0 saturated heterocycles. The van der Waals surface area contributed by atoms with Crippen LogP contribution in [0.5, 0.6) is 11.5 Å². The summed E-state index contributed by atoms with van der Waals surface area (Å²) in [5.74, 6) is 1.98. The normalized spacial score (nSPS) is 12.9. The van der Waals surface area contributed by atoms with Gasteiger partial charge in [0.2, 0.25) is 5.91 Å². The number of benzene rings is 2. The monoisotopic (exact) mass is 411 g/mol. The molecule has 2 aromatic carbocycles. The molecule has 1 aromatic heterocycles. The molecule has 6 nitrogen and oxygen atoms in total. The smallest absolute Gasteiger partial charge is 0.233 e. The Balaban J connectivity index is 1.43. The number of thioether (sulfide) groups is 1. The van der Waals surface area contributed by atoms with Crippen molar-refractivity contribution < 1.29 is 14.3 Å². The van der Waals surface area contributed by atoms with Crippen LogP contribution < -0.4 is 9.47 Å². The Hall–Kier alpha value is -2.67. The van der Waals surface area contributed by atoms with E-state index in [1.165, 1.54) is 11.8 Å². The average molecular weight is 412 g/mol. The molecule has 4 rings (SSSR count). The molecule has 2 heterocycles. The summed E-state index contributed by atoms with van der Waals surface area (Å²) in [5.41, 5.74) is 3.11. The minimum Gasteiger partial charge on any atom is -0.486 e. The SMILES string of the molecule is CCN(Cc1ccc2c(c1)OCCO2)C(=O)CSc1nc2ccccc2n1CC. The lowest BCUT2D eigenvalue weighted by atomic mass is 10.2. The van der Waals surface area contributed by atoms with Crippen molar-refractivity contribution in [3.05, 3.63) is 48.0 Å². The molecule has 3 aromatic rings. The number of imidazole rings is 1. The van der Waals surface area contributed by atoms with E-state index in [4.69, 9.17) is 14.5 Å². The number of rotatable bonds is 7. The maximum Gasteiger partial charge on any atom is 0.233 e. The third kappa shape index (κ3) is 4.19. The highest BCUT2D eigenvalue weighted by atomic mass is 32.2. The van der Waals surface area contributed by atoms with Gasteiger partial charge in [0, 0.05) is 19.6 Å². The highest BCUT2D eigenvalue weighted by Gasteiger charge is 2.18. The van der Waals surface area contributed by atoms with Crippen LogP contribution in [0.25, 0.3) is 11.0 Å². The van der Waals surface area contributed by atoms with Crippen LogP contribution in [-0.2, 0) is 17.9 Å². The van der Waals surface area contributed by atoms with Gasteiger partial charge in [0.1, 0.15) is 13.2 Å². The van der Waals surface area contributed by atoms with E-state index in [0.717, 1.165) is 39.8 Å². The van der Waals surface area contributed by atoms with Crippen LogP contribution in [0, 0.1) is 0 Å². The highest BCUT2D eigenvalue weighted by molar-refractivity contribution is 7.99. The van der Waals surface area contributed by atoms with E-state index in [0.29, 0.717) is 32.1 Å². The van der Waals surface area contributed by atoms with Gasteiger partial charge >= 0.3 is 0 Å². The van der Waals surface area contributed by atoms with Gasteiger partial charge in [0.15, 0.2) is 16.7 Å². The van der Waals surface area contributed by atoms with E-state index in [1.54, 1.807) is 0 Å². The Labute approximate surface area is 174 Å². The van der Waals surface area contributed by atoms with Crippen LogP contribution in [0.4, 0.5) is 0 Å². The van der Waals surface area contributed by atoms with Crippen LogP contribution in [0.3, 0.4) is 0 Å². The molecule has 29 heavy (non-hydrogen) atoms. The second-order valence-electron chi connectivity index (χ2n) is 6.80. The number of ether oxygens (including phenoxy) is 2. The molecule has 0 radical (unpaired) electrons. The summed E-state index contributed by atoms with van der Waals surface area (Å²) in [6.07, 6.45) is 0. The Morgan fingerprint density at radius 3 is 2.72 bits per heavy atom. The summed E-state index contributed by atoms with van der Waals surface area (Å²) in [7, 11) is 0. The quantitative estimate of drug-likeness (QED) is 0.551. The number of amides is 1. The van der Waals surface area contributed by atoms with Crippen molar-refractivity contribution in [3.8, 4) is 11.5 Å². The zero-order valence-electron chi connectivity index (χ0n) is 16.8. The molecular formula is C22H25N3O3S. The minimum absolute atomic E-state index is 0.0992. The third-order valence-electron chi connectivity index (χ3n) is 4.97. The van der Waals surface area contributed by atoms with Crippen molar-refractivity contribution in [3.63, 3.8) is 0 Å². The first kappa shape index (κ1) is 19.6. The van der Waals surface area contributed by atoms with Gasteiger partial charge in [0.05, 0.1) is 16.8 Å². The van der Waals surface area contributed by atoms with Gasteiger partial charge in [-0.3, -0.25) is 4.79 Å². The second-order valence-corrected chi connectivity index (χ2v) is 7.74. The fourth-order valence-electron chi connectivity index (χ4n) is 3.47. The highest BCUT2D eigenvalue weighted by Crippen LogP contribution is 2.31. The van der Waals surface area contributed by atoms with Crippen LogP contribution >= 0.6 is 11.8 Å².